The number of benzene rings is 1. The molecule has 2 nitrogen and oxygen atoms in total. The molecule has 1 aliphatic rings. The third-order valence-corrected chi connectivity index (χ3v) is 3.51. The van der Waals surface area contributed by atoms with E-state index in [0.717, 1.165) is 25.7 Å². The van der Waals surface area contributed by atoms with Gasteiger partial charge in [0.2, 0.25) is 0 Å². The molecule has 1 fully saturated rings. The molecule has 17 heavy (non-hydrogen) atoms. The van der Waals surface area contributed by atoms with Crippen molar-refractivity contribution in [3.8, 4) is 0 Å². The van der Waals surface area contributed by atoms with E-state index in [2.05, 4.69) is 0 Å². The second kappa shape index (κ2) is 4.70. The van der Waals surface area contributed by atoms with Crippen LogP contribution in [0.25, 0.3) is 0 Å². The van der Waals surface area contributed by atoms with Gasteiger partial charge in [0.1, 0.15) is 11.6 Å². The van der Waals surface area contributed by atoms with Gasteiger partial charge in [-0.15, -0.1) is 0 Å². The minimum absolute atomic E-state index is 0.0262. The Morgan fingerprint density at radius 1 is 1.29 bits per heavy atom. The van der Waals surface area contributed by atoms with Gasteiger partial charge in [-0.05, 0) is 18.9 Å². The molecular weight excluding hydrogens is 224 g/mol. The predicted octanol–water partition coefficient (Wildman–Crippen LogP) is 2.84. The van der Waals surface area contributed by atoms with E-state index in [0.29, 0.717) is 5.56 Å². The lowest BCUT2D eigenvalue weighted by molar-refractivity contribution is 0.177. The maximum Gasteiger partial charge on any atom is 0.136 e. The van der Waals surface area contributed by atoms with E-state index in [-0.39, 0.29) is 12.2 Å². The van der Waals surface area contributed by atoms with Crippen molar-refractivity contribution in [1.82, 2.24) is 0 Å². The first-order valence-electron chi connectivity index (χ1n) is 5.83. The summed E-state index contributed by atoms with van der Waals surface area (Å²) in [5, 5.41) is 0. The predicted molar refractivity (Wildman–Crippen MR) is 61.4 cm³/mol. The quantitative estimate of drug-likeness (QED) is 0.883. The molecule has 0 heterocycles. The largest absolute Gasteiger partial charge is 0.380 e. The zero-order chi connectivity index (χ0) is 12.5. The Morgan fingerprint density at radius 2 is 1.94 bits per heavy atom. The van der Waals surface area contributed by atoms with Crippen molar-refractivity contribution in [2.24, 2.45) is 5.73 Å². The maximum atomic E-state index is 14.2. The average molecular weight is 241 g/mol. The van der Waals surface area contributed by atoms with Crippen molar-refractivity contribution in [2.75, 3.05) is 7.11 Å². The molecule has 0 radical (unpaired) electrons. The van der Waals surface area contributed by atoms with Crippen LogP contribution in [0.1, 0.15) is 36.8 Å². The highest BCUT2D eigenvalue weighted by Crippen LogP contribution is 2.38. The van der Waals surface area contributed by atoms with Crippen LogP contribution >= 0.6 is 0 Å². The van der Waals surface area contributed by atoms with E-state index >= 15 is 0 Å². The molecule has 1 aromatic carbocycles. The lowest BCUT2D eigenvalue weighted by atomic mass is 9.87. The Morgan fingerprint density at radius 3 is 2.53 bits per heavy atom. The van der Waals surface area contributed by atoms with E-state index in [1.165, 1.54) is 19.2 Å². The molecule has 0 atom stereocenters. The maximum absolute atomic E-state index is 14.2. The summed E-state index contributed by atoms with van der Waals surface area (Å²) in [6, 6.07) is 2.74. The van der Waals surface area contributed by atoms with Crippen LogP contribution in [-0.4, -0.2) is 7.11 Å². The molecule has 4 heteroatoms. The Hall–Kier alpha value is -1.00. The fourth-order valence-corrected chi connectivity index (χ4v) is 2.53. The molecule has 1 saturated carbocycles. The first-order chi connectivity index (χ1) is 8.08. The smallest absolute Gasteiger partial charge is 0.136 e. The van der Waals surface area contributed by atoms with Gasteiger partial charge < -0.3 is 10.5 Å². The lowest BCUT2D eigenvalue weighted by Crippen LogP contribution is -2.34. The van der Waals surface area contributed by atoms with Gasteiger partial charge in [-0.2, -0.15) is 0 Å². The van der Waals surface area contributed by atoms with Crippen molar-refractivity contribution in [1.29, 1.82) is 0 Å². The van der Waals surface area contributed by atoms with Crippen LogP contribution in [-0.2, 0) is 16.9 Å². The molecule has 0 amide bonds. The second-order valence-electron chi connectivity index (χ2n) is 4.68. The average Bonchev–Trinajstić information content (AvgIpc) is 2.72. The van der Waals surface area contributed by atoms with Gasteiger partial charge >= 0.3 is 0 Å². The first-order valence-corrected chi connectivity index (χ1v) is 5.83. The Bertz CT molecular complexity index is 414. The number of methoxy groups -OCH3 is 1. The Balaban J connectivity index is 2.45. The summed E-state index contributed by atoms with van der Waals surface area (Å²) in [5.41, 5.74) is 5.95. The van der Waals surface area contributed by atoms with Crippen LogP contribution in [0, 0.1) is 11.6 Å². The molecule has 0 aromatic heterocycles. The van der Waals surface area contributed by atoms with Gasteiger partial charge in [-0.1, -0.05) is 18.9 Å². The topological polar surface area (TPSA) is 35.2 Å². The monoisotopic (exact) mass is 241 g/mol. The molecule has 2 rings (SSSR count). The minimum Gasteiger partial charge on any atom is -0.380 e. The SMILES string of the molecule is COCc1c(F)ccc(C2(N)CCCC2)c1F. The Kier molecular flexibility index (Phi) is 3.45. The van der Waals surface area contributed by atoms with Gasteiger partial charge in [0.25, 0.3) is 0 Å². The third kappa shape index (κ3) is 2.19. The fourth-order valence-electron chi connectivity index (χ4n) is 2.53. The number of halogens is 2. The number of rotatable bonds is 3. The first kappa shape index (κ1) is 12.5. The lowest BCUT2D eigenvalue weighted by Gasteiger charge is -2.25. The van der Waals surface area contributed by atoms with E-state index in [9.17, 15) is 8.78 Å². The standard InChI is InChI=1S/C13H17F2NO/c1-17-8-9-11(14)5-4-10(12(9)15)13(16)6-2-3-7-13/h4-5H,2-3,6-8,16H2,1H3. The number of hydrogen-bond acceptors (Lipinski definition) is 2. The molecule has 0 aliphatic heterocycles. The zero-order valence-corrected chi connectivity index (χ0v) is 9.93. The van der Waals surface area contributed by atoms with Gasteiger partial charge in [0.05, 0.1) is 6.61 Å². The summed E-state index contributed by atoms with van der Waals surface area (Å²) in [7, 11) is 1.42. The van der Waals surface area contributed by atoms with Crippen LogP contribution in [0.5, 0.6) is 0 Å². The number of nitrogens with two attached hydrogens (primary N) is 1. The van der Waals surface area contributed by atoms with E-state index < -0.39 is 17.2 Å². The summed E-state index contributed by atoms with van der Waals surface area (Å²) in [6.07, 6.45) is 3.49. The van der Waals surface area contributed by atoms with Crippen LogP contribution in [0.4, 0.5) is 8.78 Å². The summed E-state index contributed by atoms with van der Waals surface area (Å²) in [5.74, 6) is -1.12. The van der Waals surface area contributed by atoms with Crippen molar-refractivity contribution in [2.45, 2.75) is 37.8 Å². The van der Waals surface area contributed by atoms with Crippen LogP contribution in [0.3, 0.4) is 0 Å². The molecule has 1 aliphatic carbocycles. The molecule has 0 saturated heterocycles. The summed E-state index contributed by atoms with van der Waals surface area (Å²) < 4.78 is 32.5. The zero-order valence-electron chi connectivity index (χ0n) is 9.93. The summed E-state index contributed by atoms with van der Waals surface area (Å²) >= 11 is 0. The van der Waals surface area contributed by atoms with Crippen LogP contribution in [0.15, 0.2) is 12.1 Å². The summed E-state index contributed by atoms with van der Waals surface area (Å²) in [6.45, 7) is -0.0679. The highest BCUT2D eigenvalue weighted by molar-refractivity contribution is 5.33. The van der Waals surface area contributed by atoms with Crippen LogP contribution < -0.4 is 5.73 Å². The van der Waals surface area contributed by atoms with Gasteiger partial charge in [-0.3, -0.25) is 0 Å². The normalized spacial score (nSPS) is 18.6. The van der Waals surface area contributed by atoms with Crippen molar-refractivity contribution in [3.63, 3.8) is 0 Å². The van der Waals surface area contributed by atoms with Crippen molar-refractivity contribution >= 4 is 0 Å². The van der Waals surface area contributed by atoms with E-state index in [4.69, 9.17) is 10.5 Å². The Labute approximate surface area is 99.8 Å². The minimum atomic E-state index is -0.639. The second-order valence-corrected chi connectivity index (χ2v) is 4.68. The fraction of sp³-hybridized carbons (Fsp3) is 0.538. The van der Waals surface area contributed by atoms with Crippen LogP contribution in [0.2, 0.25) is 0 Å². The molecule has 0 bridgehead atoms. The number of hydrogen-bond donors (Lipinski definition) is 1. The van der Waals surface area contributed by atoms with E-state index in [1.54, 1.807) is 0 Å². The molecule has 2 N–H and O–H groups in total. The molecular formula is C13H17F2NO. The molecule has 94 valence electrons. The molecule has 0 spiro atoms. The van der Waals surface area contributed by atoms with Crippen molar-refractivity contribution < 1.29 is 13.5 Å². The van der Waals surface area contributed by atoms with Gasteiger partial charge in [-0.25, -0.2) is 8.78 Å². The third-order valence-electron chi connectivity index (χ3n) is 3.51. The van der Waals surface area contributed by atoms with Gasteiger partial charge in [0.15, 0.2) is 0 Å². The van der Waals surface area contributed by atoms with Gasteiger partial charge in [0, 0.05) is 23.8 Å². The molecule has 0 unspecified atom stereocenters. The highest BCUT2D eigenvalue weighted by Gasteiger charge is 2.34. The number of ether oxygens (including phenoxy) is 1. The molecule has 1 aromatic rings. The van der Waals surface area contributed by atoms with Crippen molar-refractivity contribution in [3.05, 3.63) is 34.9 Å². The highest BCUT2D eigenvalue weighted by atomic mass is 19.1. The summed E-state index contributed by atoms with van der Waals surface area (Å²) in [4.78, 5) is 0. The van der Waals surface area contributed by atoms with E-state index in [1.807, 2.05) is 0 Å².